The fourth-order valence-corrected chi connectivity index (χ4v) is 4.76. The summed E-state index contributed by atoms with van der Waals surface area (Å²) < 4.78 is 0. The SMILES string of the molecule is OC1CCCN(C(c2cccc3ccccc23)c2cccc3ccccc23)C1. The third kappa shape index (κ3) is 3.09. The van der Waals surface area contributed by atoms with E-state index in [2.05, 4.69) is 89.8 Å². The highest BCUT2D eigenvalue weighted by atomic mass is 16.3. The fraction of sp³-hybridized carbons (Fsp3) is 0.231. The molecule has 0 spiro atoms. The molecule has 0 saturated carbocycles. The minimum Gasteiger partial charge on any atom is -0.392 e. The van der Waals surface area contributed by atoms with Gasteiger partial charge in [-0.15, -0.1) is 0 Å². The van der Waals surface area contributed by atoms with Crippen LogP contribution in [0, 0.1) is 0 Å². The average molecular weight is 367 g/mol. The Kier molecular flexibility index (Phi) is 4.59. The zero-order chi connectivity index (χ0) is 18.9. The molecule has 2 nitrogen and oxygen atoms in total. The maximum absolute atomic E-state index is 10.4. The molecule has 0 bridgehead atoms. The summed E-state index contributed by atoms with van der Waals surface area (Å²) in [6.45, 7) is 1.73. The molecule has 4 aromatic carbocycles. The topological polar surface area (TPSA) is 23.5 Å². The Morgan fingerprint density at radius 2 is 1.25 bits per heavy atom. The fourth-order valence-electron chi connectivity index (χ4n) is 4.76. The molecule has 1 fully saturated rings. The van der Waals surface area contributed by atoms with E-state index in [9.17, 15) is 5.11 Å². The van der Waals surface area contributed by atoms with Gasteiger partial charge in [-0.1, -0.05) is 84.9 Å². The third-order valence-electron chi connectivity index (χ3n) is 6.03. The maximum Gasteiger partial charge on any atom is 0.0667 e. The molecule has 1 aliphatic rings. The summed E-state index contributed by atoms with van der Waals surface area (Å²) in [4.78, 5) is 2.47. The first kappa shape index (κ1) is 17.4. The number of aliphatic hydroxyl groups is 1. The van der Waals surface area contributed by atoms with E-state index in [1.54, 1.807) is 0 Å². The first-order valence-corrected chi connectivity index (χ1v) is 10.2. The summed E-state index contributed by atoms with van der Waals surface area (Å²) in [5.41, 5.74) is 2.65. The van der Waals surface area contributed by atoms with Crippen molar-refractivity contribution in [2.75, 3.05) is 13.1 Å². The van der Waals surface area contributed by atoms with Gasteiger partial charge in [0.15, 0.2) is 0 Å². The molecule has 2 heteroatoms. The highest BCUT2D eigenvalue weighted by Crippen LogP contribution is 2.38. The normalized spacial score (nSPS) is 18.1. The molecule has 1 unspecified atom stereocenters. The number of hydrogen-bond donors (Lipinski definition) is 1. The molecular weight excluding hydrogens is 342 g/mol. The molecule has 140 valence electrons. The van der Waals surface area contributed by atoms with Crippen molar-refractivity contribution in [3.63, 3.8) is 0 Å². The second kappa shape index (κ2) is 7.38. The smallest absolute Gasteiger partial charge is 0.0667 e. The predicted molar refractivity (Wildman–Crippen MR) is 117 cm³/mol. The van der Waals surface area contributed by atoms with Gasteiger partial charge in [0.2, 0.25) is 0 Å². The third-order valence-corrected chi connectivity index (χ3v) is 6.03. The van der Waals surface area contributed by atoms with E-state index in [1.165, 1.54) is 32.7 Å². The first-order chi connectivity index (χ1) is 13.8. The van der Waals surface area contributed by atoms with Gasteiger partial charge in [-0.25, -0.2) is 0 Å². The van der Waals surface area contributed by atoms with Gasteiger partial charge in [-0.05, 0) is 52.1 Å². The predicted octanol–water partition coefficient (Wildman–Crippen LogP) is 5.54. The van der Waals surface area contributed by atoms with Crippen LogP contribution >= 0.6 is 0 Å². The molecule has 0 amide bonds. The maximum atomic E-state index is 10.4. The molecule has 28 heavy (non-hydrogen) atoms. The number of benzene rings is 4. The number of β-amino-alcohol motifs (C(OH)–C–C–N with tert-alkyl or cyclic N) is 1. The Morgan fingerprint density at radius 1 is 0.714 bits per heavy atom. The molecular formula is C26H25NO. The van der Waals surface area contributed by atoms with Crippen LogP contribution in [0.3, 0.4) is 0 Å². The molecule has 1 N–H and O–H groups in total. The standard InChI is InChI=1S/C26H25NO/c28-21-12-7-17-27(18-21)26(24-15-5-10-19-8-1-3-13-22(19)24)25-16-6-11-20-9-2-4-14-23(20)25/h1-6,8-11,13-16,21,26,28H,7,12,17-18H2. The Labute approximate surface area is 166 Å². The Hall–Kier alpha value is -2.68. The highest BCUT2D eigenvalue weighted by molar-refractivity contribution is 5.90. The van der Waals surface area contributed by atoms with Gasteiger partial charge < -0.3 is 5.11 Å². The molecule has 0 aromatic heterocycles. The minimum atomic E-state index is -0.249. The van der Waals surface area contributed by atoms with Crippen molar-refractivity contribution >= 4 is 21.5 Å². The number of fused-ring (bicyclic) bond motifs is 2. The van der Waals surface area contributed by atoms with E-state index >= 15 is 0 Å². The van der Waals surface area contributed by atoms with Gasteiger partial charge in [0.25, 0.3) is 0 Å². The van der Waals surface area contributed by atoms with Crippen molar-refractivity contribution in [1.82, 2.24) is 4.90 Å². The molecule has 1 saturated heterocycles. The van der Waals surface area contributed by atoms with E-state index in [1.807, 2.05) is 0 Å². The van der Waals surface area contributed by atoms with Gasteiger partial charge in [0.1, 0.15) is 0 Å². The monoisotopic (exact) mass is 367 g/mol. The van der Waals surface area contributed by atoms with Gasteiger partial charge in [0.05, 0.1) is 12.1 Å². The van der Waals surface area contributed by atoms with E-state index in [4.69, 9.17) is 0 Å². The van der Waals surface area contributed by atoms with E-state index in [0.29, 0.717) is 0 Å². The number of piperidine rings is 1. The van der Waals surface area contributed by atoms with Crippen LogP contribution < -0.4 is 0 Å². The molecule has 1 heterocycles. The number of rotatable bonds is 3. The summed E-state index contributed by atoms with van der Waals surface area (Å²) in [6, 6.07) is 30.6. The number of aliphatic hydroxyl groups excluding tert-OH is 1. The molecule has 5 rings (SSSR count). The highest BCUT2D eigenvalue weighted by Gasteiger charge is 2.29. The number of hydrogen-bond acceptors (Lipinski definition) is 2. The summed E-state index contributed by atoms with van der Waals surface area (Å²) in [6.07, 6.45) is 1.68. The lowest BCUT2D eigenvalue weighted by Gasteiger charge is -2.38. The average Bonchev–Trinajstić information content (AvgIpc) is 2.74. The van der Waals surface area contributed by atoms with Crippen molar-refractivity contribution in [3.8, 4) is 0 Å². The van der Waals surface area contributed by atoms with Crippen LogP contribution in [-0.4, -0.2) is 29.2 Å². The van der Waals surface area contributed by atoms with Crippen LogP contribution in [0.2, 0.25) is 0 Å². The number of nitrogens with zero attached hydrogens (tertiary/aromatic N) is 1. The van der Waals surface area contributed by atoms with Crippen molar-refractivity contribution in [2.45, 2.75) is 25.0 Å². The lowest BCUT2D eigenvalue weighted by molar-refractivity contribution is 0.0557. The largest absolute Gasteiger partial charge is 0.392 e. The molecule has 0 radical (unpaired) electrons. The van der Waals surface area contributed by atoms with Crippen LogP contribution in [0.15, 0.2) is 84.9 Å². The lowest BCUT2D eigenvalue weighted by atomic mass is 9.88. The van der Waals surface area contributed by atoms with Crippen molar-refractivity contribution in [2.24, 2.45) is 0 Å². The Bertz CT molecular complexity index is 1030. The number of likely N-dealkylation sites (tertiary alicyclic amines) is 1. The van der Waals surface area contributed by atoms with Crippen LogP contribution in [0.4, 0.5) is 0 Å². The second-order valence-corrected chi connectivity index (χ2v) is 7.83. The summed E-state index contributed by atoms with van der Waals surface area (Å²) >= 11 is 0. The van der Waals surface area contributed by atoms with Gasteiger partial charge in [-0.3, -0.25) is 4.90 Å². The van der Waals surface area contributed by atoms with Gasteiger partial charge in [-0.2, -0.15) is 0 Å². The minimum absolute atomic E-state index is 0.132. The Morgan fingerprint density at radius 3 is 1.82 bits per heavy atom. The van der Waals surface area contributed by atoms with Crippen molar-refractivity contribution < 1.29 is 5.11 Å². The van der Waals surface area contributed by atoms with Crippen LogP contribution in [0.5, 0.6) is 0 Å². The van der Waals surface area contributed by atoms with E-state index in [-0.39, 0.29) is 12.1 Å². The van der Waals surface area contributed by atoms with E-state index < -0.39 is 0 Å². The van der Waals surface area contributed by atoms with Crippen LogP contribution in [-0.2, 0) is 0 Å². The molecule has 0 aliphatic carbocycles. The first-order valence-electron chi connectivity index (χ1n) is 10.2. The summed E-state index contributed by atoms with van der Waals surface area (Å²) in [7, 11) is 0. The second-order valence-electron chi connectivity index (χ2n) is 7.83. The van der Waals surface area contributed by atoms with Crippen LogP contribution in [0.25, 0.3) is 21.5 Å². The zero-order valence-electron chi connectivity index (χ0n) is 16.0. The van der Waals surface area contributed by atoms with Crippen molar-refractivity contribution in [1.29, 1.82) is 0 Å². The van der Waals surface area contributed by atoms with Gasteiger partial charge in [0, 0.05) is 6.54 Å². The van der Waals surface area contributed by atoms with Crippen LogP contribution in [0.1, 0.15) is 30.0 Å². The summed E-state index contributed by atoms with van der Waals surface area (Å²) in [5.74, 6) is 0. The van der Waals surface area contributed by atoms with Crippen molar-refractivity contribution in [3.05, 3.63) is 96.1 Å². The lowest BCUT2D eigenvalue weighted by Crippen LogP contribution is -2.41. The van der Waals surface area contributed by atoms with Gasteiger partial charge >= 0.3 is 0 Å². The summed E-state index contributed by atoms with van der Waals surface area (Å²) in [5, 5.41) is 15.5. The molecule has 1 atom stereocenters. The Balaban J connectivity index is 1.75. The quantitative estimate of drug-likeness (QED) is 0.514. The molecule has 4 aromatic rings. The zero-order valence-corrected chi connectivity index (χ0v) is 16.0. The van der Waals surface area contributed by atoms with E-state index in [0.717, 1.165) is 25.9 Å². The molecule has 1 aliphatic heterocycles.